The minimum Gasteiger partial charge on any atom is -0.325 e. The van der Waals surface area contributed by atoms with Crippen molar-refractivity contribution in [1.82, 2.24) is 9.97 Å². The first-order valence-electron chi connectivity index (χ1n) is 8.90. The molecule has 1 amide bonds. The molecule has 0 aliphatic rings. The number of para-hydroxylation sites is 1. The summed E-state index contributed by atoms with van der Waals surface area (Å²) in [5.41, 5.74) is 5.83. The van der Waals surface area contributed by atoms with Crippen LogP contribution in [-0.4, -0.2) is 21.6 Å². The van der Waals surface area contributed by atoms with E-state index >= 15 is 0 Å². The lowest BCUT2D eigenvalue weighted by Crippen LogP contribution is -2.14. The summed E-state index contributed by atoms with van der Waals surface area (Å²) in [5.74, 6) is 0.268. The van der Waals surface area contributed by atoms with Crippen LogP contribution < -0.4 is 5.32 Å². The molecule has 0 aliphatic carbocycles. The lowest BCUT2D eigenvalue weighted by molar-refractivity contribution is -0.113. The predicted molar refractivity (Wildman–Crippen MR) is 118 cm³/mol. The summed E-state index contributed by atoms with van der Waals surface area (Å²) in [7, 11) is 0. The number of thioether (sulfide) groups is 1. The van der Waals surface area contributed by atoms with Crippen molar-refractivity contribution in [2.75, 3.05) is 11.1 Å². The highest BCUT2D eigenvalue weighted by atomic mass is 32.2. The summed E-state index contributed by atoms with van der Waals surface area (Å²) in [6, 6.07) is 18.0. The van der Waals surface area contributed by atoms with Crippen molar-refractivity contribution in [1.29, 1.82) is 0 Å². The number of benzene rings is 2. The van der Waals surface area contributed by atoms with Crippen LogP contribution in [0.2, 0.25) is 0 Å². The number of hydrogen-bond donors (Lipinski definition) is 1. The number of hydrogen-bond acceptors (Lipinski definition) is 5. The Kier molecular flexibility index (Phi) is 5.41. The third-order valence-electron chi connectivity index (χ3n) is 4.28. The van der Waals surface area contributed by atoms with Crippen LogP contribution in [0, 0.1) is 13.8 Å². The summed E-state index contributed by atoms with van der Waals surface area (Å²) in [6.07, 6.45) is 0. The summed E-state index contributed by atoms with van der Waals surface area (Å²) in [6.45, 7) is 4.00. The van der Waals surface area contributed by atoms with Gasteiger partial charge in [-0.1, -0.05) is 59.8 Å². The first-order chi connectivity index (χ1) is 13.6. The highest BCUT2D eigenvalue weighted by Crippen LogP contribution is 2.29. The number of fused-ring (bicyclic) bond motifs is 1. The van der Waals surface area contributed by atoms with Gasteiger partial charge in [0.1, 0.15) is 0 Å². The van der Waals surface area contributed by atoms with Gasteiger partial charge in [0.15, 0.2) is 4.34 Å². The van der Waals surface area contributed by atoms with Gasteiger partial charge >= 0.3 is 0 Å². The minimum atomic E-state index is -0.0483. The summed E-state index contributed by atoms with van der Waals surface area (Å²) < 4.78 is 0.890. The van der Waals surface area contributed by atoms with Crippen molar-refractivity contribution < 1.29 is 4.79 Å². The summed E-state index contributed by atoms with van der Waals surface area (Å²) >= 11 is 3.02. The Morgan fingerprint density at radius 3 is 2.68 bits per heavy atom. The number of nitrogens with zero attached hydrogens (tertiary/aromatic N) is 2. The van der Waals surface area contributed by atoms with Gasteiger partial charge in [-0.15, -0.1) is 11.3 Å². The molecule has 0 aliphatic heterocycles. The van der Waals surface area contributed by atoms with Gasteiger partial charge in [-0.25, -0.2) is 4.98 Å². The van der Waals surface area contributed by atoms with Crippen molar-refractivity contribution >= 4 is 45.6 Å². The first-order valence-corrected chi connectivity index (χ1v) is 10.8. The number of nitrogens with one attached hydrogen (secondary N) is 1. The van der Waals surface area contributed by atoms with E-state index in [1.165, 1.54) is 17.3 Å². The fourth-order valence-electron chi connectivity index (χ4n) is 2.91. The maximum absolute atomic E-state index is 12.5. The Balaban J connectivity index is 1.42. The van der Waals surface area contributed by atoms with Crippen LogP contribution in [0.3, 0.4) is 0 Å². The molecule has 1 N–H and O–H groups in total. The maximum Gasteiger partial charge on any atom is 0.234 e. The van der Waals surface area contributed by atoms with Gasteiger partial charge < -0.3 is 5.32 Å². The van der Waals surface area contributed by atoms with Crippen LogP contribution in [0.5, 0.6) is 0 Å². The molecule has 4 nitrogen and oxygen atoms in total. The Bertz CT molecular complexity index is 1140. The molecule has 0 unspecified atom stereocenters. The van der Waals surface area contributed by atoms with Gasteiger partial charge in [-0.05, 0) is 26.0 Å². The van der Waals surface area contributed by atoms with Crippen LogP contribution in [0.4, 0.5) is 5.69 Å². The molecular weight excluding hydrogens is 386 g/mol. The normalized spacial score (nSPS) is 10.9. The Morgan fingerprint density at radius 1 is 1.07 bits per heavy atom. The SMILES string of the molecule is Cc1ccc(-c2csc(SCC(=O)Nc3cc(C)nc4ccccc34)n2)cc1. The first kappa shape index (κ1) is 18.7. The van der Waals surface area contributed by atoms with E-state index in [0.717, 1.165) is 37.9 Å². The third kappa shape index (κ3) is 4.24. The van der Waals surface area contributed by atoms with E-state index in [0.29, 0.717) is 5.75 Å². The molecule has 0 saturated heterocycles. The van der Waals surface area contributed by atoms with Gasteiger partial charge in [0.05, 0.1) is 22.7 Å². The second-order valence-corrected chi connectivity index (χ2v) is 8.61. The molecule has 0 fully saturated rings. The molecule has 2 aromatic heterocycles. The monoisotopic (exact) mass is 405 g/mol. The molecule has 0 saturated carbocycles. The number of carbonyl (C=O) groups is 1. The van der Waals surface area contributed by atoms with Crippen molar-refractivity contribution in [2.45, 2.75) is 18.2 Å². The number of aryl methyl sites for hydroxylation is 2. The number of aromatic nitrogens is 2. The van der Waals surface area contributed by atoms with Gasteiger partial charge in [-0.2, -0.15) is 0 Å². The fourth-order valence-corrected chi connectivity index (χ4v) is 4.54. The van der Waals surface area contributed by atoms with E-state index in [1.54, 1.807) is 11.3 Å². The largest absolute Gasteiger partial charge is 0.325 e. The van der Waals surface area contributed by atoms with Crippen molar-refractivity contribution in [2.24, 2.45) is 0 Å². The second kappa shape index (κ2) is 8.12. The molecule has 6 heteroatoms. The highest BCUT2D eigenvalue weighted by molar-refractivity contribution is 8.01. The number of thiazole rings is 1. The predicted octanol–water partition coefficient (Wildman–Crippen LogP) is 5.71. The minimum absolute atomic E-state index is 0.0483. The number of anilines is 1. The van der Waals surface area contributed by atoms with E-state index in [-0.39, 0.29) is 5.91 Å². The quantitative estimate of drug-likeness (QED) is 0.432. The molecule has 2 heterocycles. The zero-order valence-electron chi connectivity index (χ0n) is 15.6. The summed E-state index contributed by atoms with van der Waals surface area (Å²) in [4.78, 5) is 21.6. The molecule has 2 aromatic carbocycles. The molecule has 140 valence electrons. The van der Waals surface area contributed by atoms with Crippen molar-refractivity contribution in [3.05, 3.63) is 71.2 Å². The standard InChI is InChI=1S/C22H19N3OS2/c1-14-7-9-16(10-8-14)20-12-27-22(25-20)28-13-21(26)24-19-11-15(2)23-18-6-4-3-5-17(18)19/h3-12H,13H2,1-2H3,(H,23,24,26). The maximum atomic E-state index is 12.5. The topological polar surface area (TPSA) is 54.9 Å². The Hall–Kier alpha value is -2.70. The lowest BCUT2D eigenvalue weighted by atomic mass is 10.1. The average Bonchev–Trinajstić information content (AvgIpc) is 3.16. The highest BCUT2D eigenvalue weighted by Gasteiger charge is 2.11. The van der Waals surface area contributed by atoms with Crippen molar-refractivity contribution in [3.8, 4) is 11.3 Å². The molecule has 28 heavy (non-hydrogen) atoms. The lowest BCUT2D eigenvalue weighted by Gasteiger charge is -2.09. The molecule has 4 aromatic rings. The van der Waals surface area contributed by atoms with E-state index in [2.05, 4.69) is 46.5 Å². The average molecular weight is 406 g/mol. The third-order valence-corrected chi connectivity index (χ3v) is 6.30. The van der Waals surface area contributed by atoms with Crippen molar-refractivity contribution in [3.63, 3.8) is 0 Å². The molecule has 0 spiro atoms. The number of pyridine rings is 1. The van der Waals surface area contributed by atoms with Crippen LogP contribution >= 0.6 is 23.1 Å². The van der Waals surface area contributed by atoms with Gasteiger partial charge in [0.2, 0.25) is 5.91 Å². The molecule has 0 radical (unpaired) electrons. The van der Waals surface area contributed by atoms with E-state index in [9.17, 15) is 4.79 Å². The molecular formula is C22H19N3OS2. The molecule has 4 rings (SSSR count). The van der Waals surface area contributed by atoms with Gasteiger partial charge in [0.25, 0.3) is 0 Å². The smallest absolute Gasteiger partial charge is 0.234 e. The molecule has 0 atom stereocenters. The summed E-state index contributed by atoms with van der Waals surface area (Å²) in [5, 5.41) is 6.00. The molecule has 0 bridgehead atoms. The zero-order chi connectivity index (χ0) is 19.5. The number of amides is 1. The van der Waals surface area contributed by atoms with Crippen LogP contribution in [0.1, 0.15) is 11.3 Å². The van der Waals surface area contributed by atoms with Gasteiger partial charge in [-0.3, -0.25) is 9.78 Å². The Morgan fingerprint density at radius 2 is 1.86 bits per heavy atom. The zero-order valence-corrected chi connectivity index (χ0v) is 17.2. The van der Waals surface area contributed by atoms with Gasteiger partial charge in [0, 0.05) is 22.0 Å². The van der Waals surface area contributed by atoms with Crippen LogP contribution in [-0.2, 0) is 4.79 Å². The van der Waals surface area contributed by atoms with E-state index in [4.69, 9.17) is 0 Å². The number of rotatable bonds is 5. The van der Waals surface area contributed by atoms with Crippen LogP contribution in [0.25, 0.3) is 22.2 Å². The van der Waals surface area contributed by atoms with E-state index in [1.807, 2.05) is 42.6 Å². The van der Waals surface area contributed by atoms with E-state index < -0.39 is 0 Å². The fraction of sp³-hybridized carbons (Fsp3) is 0.136. The number of carbonyl (C=O) groups excluding carboxylic acids is 1. The Labute approximate surface area is 172 Å². The van der Waals surface area contributed by atoms with Crippen LogP contribution in [0.15, 0.2) is 64.3 Å². The second-order valence-electron chi connectivity index (χ2n) is 6.53.